The fourth-order valence-corrected chi connectivity index (χ4v) is 2.95. The smallest absolute Gasteiger partial charge is 0.130 e. The molecule has 1 saturated heterocycles. The Hall–Kier alpha value is -1.91. The summed E-state index contributed by atoms with van der Waals surface area (Å²) in [6.07, 6.45) is 9.02. The van der Waals surface area contributed by atoms with Gasteiger partial charge in [-0.25, -0.2) is 4.98 Å². The van der Waals surface area contributed by atoms with Crippen molar-refractivity contribution >= 4 is 22.8 Å². The molecule has 1 aliphatic heterocycles. The number of allylic oxidation sites excluding steroid dienone is 1. The second-order valence-corrected chi connectivity index (χ2v) is 6.30. The van der Waals surface area contributed by atoms with Gasteiger partial charge >= 0.3 is 0 Å². The van der Waals surface area contributed by atoms with Gasteiger partial charge in [-0.3, -0.25) is 10.3 Å². The first-order valence-corrected chi connectivity index (χ1v) is 8.37. The van der Waals surface area contributed by atoms with Crippen LogP contribution in [0.4, 0.5) is 0 Å². The molecule has 1 aromatic carbocycles. The maximum Gasteiger partial charge on any atom is 0.130 e. The second kappa shape index (κ2) is 7.57. The van der Waals surface area contributed by atoms with E-state index in [1.54, 1.807) is 12.3 Å². The lowest BCUT2D eigenvalue weighted by Crippen LogP contribution is -2.28. The molecule has 0 aliphatic carbocycles. The van der Waals surface area contributed by atoms with Crippen LogP contribution < -0.4 is 0 Å². The van der Waals surface area contributed by atoms with E-state index in [9.17, 15) is 0 Å². The zero-order chi connectivity index (χ0) is 16.1. The third-order valence-electron chi connectivity index (χ3n) is 4.10. The lowest BCUT2D eigenvalue weighted by atomic mass is 10.1. The lowest BCUT2D eigenvalue weighted by Gasteiger charge is -2.26. The van der Waals surface area contributed by atoms with Gasteiger partial charge in [-0.1, -0.05) is 42.3 Å². The van der Waals surface area contributed by atoms with Crippen LogP contribution in [-0.4, -0.2) is 33.1 Å². The first kappa shape index (κ1) is 16.0. The zero-order valence-electron chi connectivity index (χ0n) is 13.1. The Balaban J connectivity index is 1.65. The van der Waals surface area contributed by atoms with Gasteiger partial charge in [0.15, 0.2) is 0 Å². The number of aromatic amines is 1. The van der Waals surface area contributed by atoms with Gasteiger partial charge in [0.2, 0.25) is 0 Å². The van der Waals surface area contributed by atoms with E-state index in [1.165, 1.54) is 44.0 Å². The highest BCUT2D eigenvalue weighted by Crippen LogP contribution is 2.20. The average molecular weight is 329 g/mol. The van der Waals surface area contributed by atoms with E-state index in [1.807, 2.05) is 0 Å². The monoisotopic (exact) mass is 328 g/mol. The van der Waals surface area contributed by atoms with Crippen LogP contribution in [0.1, 0.15) is 30.7 Å². The number of hydrogen-bond acceptors (Lipinski definition) is 3. The van der Waals surface area contributed by atoms with Crippen molar-refractivity contribution in [3.05, 3.63) is 47.9 Å². The van der Waals surface area contributed by atoms with E-state index in [0.29, 0.717) is 5.82 Å². The van der Waals surface area contributed by atoms with Gasteiger partial charge in [0.05, 0.1) is 11.9 Å². The highest BCUT2D eigenvalue weighted by Gasteiger charge is 2.10. The molecule has 1 fully saturated rings. The number of piperidine rings is 1. The molecule has 2 aromatic rings. The number of imidazole rings is 1. The summed E-state index contributed by atoms with van der Waals surface area (Å²) in [5.41, 5.74) is 3.43. The molecule has 120 valence electrons. The van der Waals surface area contributed by atoms with Gasteiger partial charge in [-0.15, -0.1) is 0 Å². The highest BCUT2D eigenvalue weighted by atomic mass is 35.5. The SMILES string of the molecule is N=C(Cl)/C=C\c1ncc(-c2ccc(CN3CCCCC3)cc2)[nH]1. The molecular weight excluding hydrogens is 308 g/mol. The third kappa shape index (κ3) is 4.53. The molecule has 0 amide bonds. The van der Waals surface area contributed by atoms with E-state index < -0.39 is 0 Å². The molecule has 5 heteroatoms. The number of halogens is 1. The summed E-state index contributed by atoms with van der Waals surface area (Å²) in [7, 11) is 0. The molecule has 23 heavy (non-hydrogen) atoms. The molecule has 0 atom stereocenters. The molecule has 0 saturated carbocycles. The van der Waals surface area contributed by atoms with Gasteiger partial charge in [-0.05, 0) is 49.2 Å². The molecule has 4 nitrogen and oxygen atoms in total. The summed E-state index contributed by atoms with van der Waals surface area (Å²) in [6.45, 7) is 3.47. The minimum atomic E-state index is -0.00924. The maximum atomic E-state index is 7.18. The quantitative estimate of drug-likeness (QED) is 0.804. The van der Waals surface area contributed by atoms with Crippen molar-refractivity contribution in [2.45, 2.75) is 25.8 Å². The summed E-state index contributed by atoms with van der Waals surface area (Å²) >= 11 is 5.50. The Morgan fingerprint density at radius 3 is 2.65 bits per heavy atom. The summed E-state index contributed by atoms with van der Waals surface area (Å²) in [4.78, 5) is 10.0. The minimum absolute atomic E-state index is 0.00924. The Bertz CT molecular complexity index is 681. The first-order chi connectivity index (χ1) is 11.2. The third-order valence-corrected chi connectivity index (χ3v) is 4.23. The normalized spacial score (nSPS) is 16.0. The van der Waals surface area contributed by atoms with E-state index in [-0.39, 0.29) is 5.17 Å². The van der Waals surface area contributed by atoms with E-state index >= 15 is 0 Å². The van der Waals surface area contributed by atoms with E-state index in [2.05, 4.69) is 39.1 Å². The molecule has 0 radical (unpaired) electrons. The average Bonchev–Trinajstić information content (AvgIpc) is 3.04. The van der Waals surface area contributed by atoms with Crippen LogP contribution in [0.25, 0.3) is 17.3 Å². The molecule has 0 spiro atoms. The second-order valence-electron chi connectivity index (χ2n) is 5.90. The predicted molar refractivity (Wildman–Crippen MR) is 95.8 cm³/mol. The van der Waals surface area contributed by atoms with Gasteiger partial charge in [-0.2, -0.15) is 0 Å². The molecule has 0 bridgehead atoms. The van der Waals surface area contributed by atoms with Crippen LogP contribution in [0.3, 0.4) is 0 Å². The van der Waals surface area contributed by atoms with Crippen LogP contribution in [0.15, 0.2) is 36.5 Å². The van der Waals surface area contributed by atoms with E-state index in [0.717, 1.165) is 17.8 Å². The van der Waals surface area contributed by atoms with Crippen LogP contribution in [-0.2, 0) is 6.54 Å². The topological polar surface area (TPSA) is 55.8 Å². The Morgan fingerprint density at radius 1 is 1.22 bits per heavy atom. The summed E-state index contributed by atoms with van der Waals surface area (Å²) in [6, 6.07) is 8.64. The maximum absolute atomic E-state index is 7.18. The van der Waals surface area contributed by atoms with Gasteiger partial charge < -0.3 is 4.98 Å². The number of nitrogens with one attached hydrogen (secondary N) is 2. The zero-order valence-corrected chi connectivity index (χ0v) is 13.8. The minimum Gasteiger partial charge on any atom is -0.338 e. The Morgan fingerprint density at radius 2 is 1.96 bits per heavy atom. The molecule has 1 aromatic heterocycles. The number of rotatable bonds is 5. The number of benzene rings is 1. The predicted octanol–water partition coefficient (Wildman–Crippen LogP) is 4.29. The number of aromatic nitrogens is 2. The molecule has 1 aliphatic rings. The van der Waals surface area contributed by atoms with Crippen LogP contribution in [0.5, 0.6) is 0 Å². The van der Waals surface area contributed by atoms with Crippen molar-refractivity contribution in [1.29, 1.82) is 5.41 Å². The fraction of sp³-hybridized carbons (Fsp3) is 0.333. The highest BCUT2D eigenvalue weighted by molar-refractivity contribution is 6.67. The summed E-state index contributed by atoms with van der Waals surface area (Å²) < 4.78 is 0. The fourth-order valence-electron chi connectivity index (χ4n) is 2.89. The number of nitrogens with zero attached hydrogens (tertiary/aromatic N) is 2. The van der Waals surface area contributed by atoms with Gasteiger partial charge in [0, 0.05) is 6.54 Å². The van der Waals surface area contributed by atoms with E-state index in [4.69, 9.17) is 17.0 Å². The molecule has 2 heterocycles. The van der Waals surface area contributed by atoms with Crippen molar-refractivity contribution in [2.75, 3.05) is 13.1 Å². The molecule has 0 unspecified atom stereocenters. The van der Waals surface area contributed by atoms with Crippen molar-refractivity contribution in [2.24, 2.45) is 0 Å². The van der Waals surface area contributed by atoms with Crippen molar-refractivity contribution in [3.8, 4) is 11.3 Å². The molecular formula is C18H21ClN4. The summed E-state index contributed by atoms with van der Waals surface area (Å²) in [5, 5.41) is 7.17. The van der Waals surface area contributed by atoms with Crippen LogP contribution >= 0.6 is 11.6 Å². The number of hydrogen-bond donors (Lipinski definition) is 2. The molecule has 2 N–H and O–H groups in total. The number of H-pyrrole nitrogens is 1. The van der Waals surface area contributed by atoms with Crippen LogP contribution in [0.2, 0.25) is 0 Å². The van der Waals surface area contributed by atoms with Crippen molar-refractivity contribution in [1.82, 2.24) is 14.9 Å². The first-order valence-electron chi connectivity index (χ1n) is 7.99. The van der Waals surface area contributed by atoms with Gasteiger partial charge in [0.1, 0.15) is 11.0 Å². The molecule has 3 rings (SSSR count). The lowest BCUT2D eigenvalue weighted by molar-refractivity contribution is 0.221. The Kier molecular flexibility index (Phi) is 5.26. The van der Waals surface area contributed by atoms with Crippen molar-refractivity contribution < 1.29 is 0 Å². The van der Waals surface area contributed by atoms with Gasteiger partial charge in [0.25, 0.3) is 0 Å². The van der Waals surface area contributed by atoms with Crippen molar-refractivity contribution in [3.63, 3.8) is 0 Å². The standard InChI is InChI=1S/C18H21ClN4/c19-17(20)8-9-18-21-12-16(22-18)15-6-4-14(5-7-15)13-23-10-2-1-3-11-23/h4-9,12,20H,1-3,10-11,13H2,(H,21,22)/b9-8-,20-17?. The summed E-state index contributed by atoms with van der Waals surface area (Å²) in [5.74, 6) is 0.697. The Labute approximate surface area is 141 Å². The largest absolute Gasteiger partial charge is 0.338 e. The number of likely N-dealkylation sites (tertiary alicyclic amines) is 1. The van der Waals surface area contributed by atoms with Crippen LogP contribution in [0, 0.1) is 5.41 Å².